The maximum absolute atomic E-state index is 13.7. The molecule has 184 valence electrons. The number of aliphatic imine (C=N–C) groups is 1. The molecule has 1 aliphatic rings. The van der Waals surface area contributed by atoms with E-state index in [1.165, 1.54) is 0 Å². The topological polar surface area (TPSA) is 62.6 Å². The number of nitrogens with zero attached hydrogens (tertiary/aromatic N) is 3. The molecule has 6 nitrogen and oxygen atoms in total. The summed E-state index contributed by atoms with van der Waals surface area (Å²) in [7, 11) is 1.67. The van der Waals surface area contributed by atoms with Crippen LogP contribution in [0.15, 0.2) is 95.9 Å². The van der Waals surface area contributed by atoms with Crippen LogP contribution in [0.2, 0.25) is 0 Å². The average Bonchev–Trinajstić information content (AvgIpc) is 3.61. The fourth-order valence-electron chi connectivity index (χ4n) is 5.09. The molecule has 1 N–H and O–H groups in total. The number of para-hydroxylation sites is 1. The van der Waals surface area contributed by atoms with Gasteiger partial charge in [0.15, 0.2) is 0 Å². The first-order valence-corrected chi connectivity index (χ1v) is 12.6. The lowest BCUT2D eigenvalue weighted by Crippen LogP contribution is -2.34. The van der Waals surface area contributed by atoms with Gasteiger partial charge in [-0.15, -0.1) is 0 Å². The number of aromatic nitrogens is 2. The van der Waals surface area contributed by atoms with E-state index < -0.39 is 0 Å². The second kappa shape index (κ2) is 9.47. The fourth-order valence-corrected chi connectivity index (χ4v) is 5.09. The molecule has 1 amide bonds. The summed E-state index contributed by atoms with van der Waals surface area (Å²) in [5.41, 5.74) is 5.73. The van der Waals surface area contributed by atoms with Crippen LogP contribution >= 0.6 is 0 Å². The zero-order chi connectivity index (χ0) is 25.4. The fraction of sp³-hybridized carbons (Fsp3) is 0.161. The summed E-state index contributed by atoms with van der Waals surface area (Å²) >= 11 is 0. The van der Waals surface area contributed by atoms with Crippen LogP contribution in [-0.2, 0) is 17.8 Å². The zero-order valence-corrected chi connectivity index (χ0v) is 20.9. The molecular weight excluding hydrogens is 460 g/mol. The lowest BCUT2D eigenvalue weighted by molar-refractivity contribution is -0.122. The molecule has 6 rings (SSSR count). The van der Waals surface area contributed by atoms with Crippen LogP contribution in [0.4, 0.5) is 0 Å². The van der Waals surface area contributed by atoms with Crippen molar-refractivity contribution in [2.45, 2.75) is 19.9 Å². The maximum Gasteiger partial charge on any atom is 0.278 e. The van der Waals surface area contributed by atoms with Crippen LogP contribution in [0, 0.1) is 0 Å². The van der Waals surface area contributed by atoms with Gasteiger partial charge in [0.25, 0.3) is 5.91 Å². The quantitative estimate of drug-likeness (QED) is 0.285. The third kappa shape index (κ3) is 4.10. The van der Waals surface area contributed by atoms with Crippen molar-refractivity contribution >= 4 is 39.6 Å². The van der Waals surface area contributed by atoms with Gasteiger partial charge in [-0.05, 0) is 49.2 Å². The number of fused-ring (bicyclic) bond motifs is 2. The molecule has 0 atom stereocenters. The summed E-state index contributed by atoms with van der Waals surface area (Å²) in [6, 6.07) is 24.2. The summed E-state index contributed by atoms with van der Waals surface area (Å²) in [4.78, 5) is 23.7. The highest BCUT2D eigenvalue weighted by molar-refractivity contribution is 6.20. The van der Waals surface area contributed by atoms with Gasteiger partial charge in [0.2, 0.25) is 0 Å². The number of hydrogen-bond acceptors (Lipinski definition) is 3. The Morgan fingerprint density at radius 2 is 1.81 bits per heavy atom. The summed E-state index contributed by atoms with van der Waals surface area (Å²) in [5.74, 6) is 1.42. The SMILES string of the molecule is CCn1cc(/C=C2\N=C(c3ccccc3)N(CCc3c[nH]c4ccc(OC)cc34)C2=O)c2ccccc21. The highest BCUT2D eigenvalue weighted by Crippen LogP contribution is 2.29. The van der Waals surface area contributed by atoms with Crippen molar-refractivity contribution in [3.05, 3.63) is 108 Å². The van der Waals surface area contributed by atoms with Gasteiger partial charge in [-0.2, -0.15) is 0 Å². The third-order valence-corrected chi connectivity index (χ3v) is 7.01. The molecule has 1 aliphatic heterocycles. The first-order valence-electron chi connectivity index (χ1n) is 12.6. The predicted molar refractivity (Wildman–Crippen MR) is 149 cm³/mol. The van der Waals surface area contributed by atoms with Crippen molar-refractivity contribution in [2.24, 2.45) is 4.99 Å². The Balaban J connectivity index is 1.36. The van der Waals surface area contributed by atoms with Crippen molar-refractivity contribution < 1.29 is 9.53 Å². The minimum atomic E-state index is -0.0791. The van der Waals surface area contributed by atoms with Gasteiger partial charge < -0.3 is 14.3 Å². The van der Waals surface area contributed by atoms with Crippen molar-refractivity contribution in [3.8, 4) is 5.75 Å². The number of amides is 1. The van der Waals surface area contributed by atoms with Crippen molar-refractivity contribution in [1.82, 2.24) is 14.5 Å². The highest BCUT2D eigenvalue weighted by atomic mass is 16.5. The van der Waals surface area contributed by atoms with Gasteiger partial charge in [-0.25, -0.2) is 4.99 Å². The van der Waals surface area contributed by atoms with E-state index in [2.05, 4.69) is 34.8 Å². The molecule has 3 aromatic carbocycles. The van der Waals surface area contributed by atoms with Gasteiger partial charge >= 0.3 is 0 Å². The number of methoxy groups -OCH3 is 1. The lowest BCUT2D eigenvalue weighted by atomic mass is 10.1. The normalized spacial score (nSPS) is 14.8. The Labute approximate surface area is 215 Å². The van der Waals surface area contributed by atoms with Gasteiger partial charge in [0.05, 0.1) is 7.11 Å². The predicted octanol–water partition coefficient (Wildman–Crippen LogP) is 6.02. The van der Waals surface area contributed by atoms with E-state index in [0.29, 0.717) is 24.5 Å². The van der Waals surface area contributed by atoms with E-state index in [-0.39, 0.29) is 5.91 Å². The number of aromatic amines is 1. The number of carbonyl (C=O) groups excluding carboxylic acids is 1. The Kier molecular flexibility index (Phi) is 5.85. The molecule has 0 saturated heterocycles. The zero-order valence-electron chi connectivity index (χ0n) is 20.9. The van der Waals surface area contributed by atoms with Crippen LogP contribution < -0.4 is 4.74 Å². The minimum Gasteiger partial charge on any atom is -0.497 e. The molecule has 0 saturated carbocycles. The first-order chi connectivity index (χ1) is 18.2. The van der Waals surface area contributed by atoms with Crippen LogP contribution in [0.1, 0.15) is 23.6 Å². The van der Waals surface area contributed by atoms with E-state index in [9.17, 15) is 4.79 Å². The molecule has 3 heterocycles. The van der Waals surface area contributed by atoms with Crippen LogP contribution in [0.5, 0.6) is 5.75 Å². The van der Waals surface area contributed by atoms with Crippen molar-refractivity contribution in [2.75, 3.05) is 13.7 Å². The second-order valence-electron chi connectivity index (χ2n) is 9.15. The number of nitrogens with one attached hydrogen (secondary N) is 1. The molecule has 0 radical (unpaired) electrons. The Morgan fingerprint density at radius 3 is 2.62 bits per heavy atom. The number of ether oxygens (including phenoxy) is 1. The van der Waals surface area contributed by atoms with E-state index in [0.717, 1.165) is 50.8 Å². The third-order valence-electron chi connectivity index (χ3n) is 7.01. The number of amidine groups is 1. The monoisotopic (exact) mass is 488 g/mol. The number of rotatable bonds is 7. The average molecular weight is 489 g/mol. The highest BCUT2D eigenvalue weighted by Gasteiger charge is 2.31. The number of benzene rings is 3. The van der Waals surface area contributed by atoms with Gasteiger partial charge in [-0.1, -0.05) is 48.5 Å². The second-order valence-corrected chi connectivity index (χ2v) is 9.15. The Hall–Kier alpha value is -4.58. The Morgan fingerprint density at radius 1 is 1.00 bits per heavy atom. The number of H-pyrrole nitrogens is 1. The van der Waals surface area contributed by atoms with E-state index in [4.69, 9.17) is 9.73 Å². The maximum atomic E-state index is 13.7. The first kappa shape index (κ1) is 22.9. The molecule has 0 fully saturated rings. The summed E-state index contributed by atoms with van der Waals surface area (Å²) in [6.07, 6.45) is 6.73. The molecule has 0 aliphatic carbocycles. The molecular formula is C31H28N4O2. The van der Waals surface area contributed by atoms with E-state index in [1.54, 1.807) is 12.0 Å². The lowest BCUT2D eigenvalue weighted by Gasteiger charge is -2.18. The van der Waals surface area contributed by atoms with Gasteiger partial charge in [-0.3, -0.25) is 9.69 Å². The molecule has 37 heavy (non-hydrogen) atoms. The summed E-state index contributed by atoms with van der Waals surface area (Å²) in [5, 5.41) is 2.22. The summed E-state index contributed by atoms with van der Waals surface area (Å²) < 4.78 is 7.62. The molecule has 0 spiro atoms. The molecule has 2 aromatic heterocycles. The van der Waals surface area contributed by atoms with Gasteiger partial charge in [0.1, 0.15) is 17.3 Å². The largest absolute Gasteiger partial charge is 0.497 e. The van der Waals surface area contributed by atoms with Crippen LogP contribution in [-0.4, -0.2) is 39.8 Å². The van der Waals surface area contributed by atoms with E-state index >= 15 is 0 Å². The molecule has 0 bridgehead atoms. The summed E-state index contributed by atoms with van der Waals surface area (Å²) in [6.45, 7) is 3.50. The number of hydrogen-bond donors (Lipinski definition) is 1. The molecule has 5 aromatic rings. The number of carbonyl (C=O) groups is 1. The van der Waals surface area contributed by atoms with Crippen molar-refractivity contribution in [3.63, 3.8) is 0 Å². The Bertz CT molecular complexity index is 1670. The van der Waals surface area contributed by atoms with Crippen molar-refractivity contribution in [1.29, 1.82) is 0 Å². The van der Waals surface area contributed by atoms with Crippen LogP contribution in [0.3, 0.4) is 0 Å². The van der Waals surface area contributed by atoms with Crippen LogP contribution in [0.25, 0.3) is 27.9 Å². The molecule has 6 heteroatoms. The van der Waals surface area contributed by atoms with E-state index in [1.807, 2.05) is 72.9 Å². The standard InChI is InChI=1S/C31H28N4O2/c1-3-34-20-23(25-11-7-8-12-29(25)34)17-28-31(36)35(30(33-28)21-9-5-4-6-10-21)16-15-22-19-32-27-14-13-24(37-2)18-26(22)27/h4-14,17-20,32H,3,15-16H2,1-2H3/b28-17-. The van der Waals surface area contributed by atoms with Gasteiger partial charge in [0, 0.05) is 58.4 Å². The smallest absolute Gasteiger partial charge is 0.278 e. The number of aryl methyl sites for hydroxylation is 1. The minimum absolute atomic E-state index is 0.0791. The molecule has 0 unspecified atom stereocenters.